The average molecular weight is 389 g/mol. The number of hydrogen-bond acceptors (Lipinski definition) is 4. The minimum absolute atomic E-state index is 0.220. The minimum Gasteiger partial charge on any atom is -0.381 e. The molecule has 7 heteroatoms. The molecule has 3 aliphatic heterocycles. The second-order valence-electron chi connectivity index (χ2n) is 8.72. The molecular formula is C21H36N6O. The lowest BCUT2D eigenvalue weighted by Crippen LogP contribution is -2.59. The number of piperidine rings is 1. The molecule has 3 aliphatic rings. The van der Waals surface area contributed by atoms with Crippen molar-refractivity contribution in [3.63, 3.8) is 0 Å². The van der Waals surface area contributed by atoms with E-state index in [9.17, 15) is 0 Å². The van der Waals surface area contributed by atoms with E-state index in [4.69, 9.17) is 4.74 Å². The number of aromatic nitrogens is 2. The molecule has 1 aromatic rings. The Hall–Kier alpha value is -1.60. The van der Waals surface area contributed by atoms with E-state index in [1.165, 1.54) is 32.4 Å². The van der Waals surface area contributed by atoms with Gasteiger partial charge in [0.1, 0.15) is 0 Å². The van der Waals surface area contributed by atoms with E-state index in [0.29, 0.717) is 12.0 Å². The topological polar surface area (TPSA) is 57.9 Å². The average Bonchev–Trinajstić information content (AvgIpc) is 3.45. The number of aliphatic imine (C=N–C) groups is 1. The van der Waals surface area contributed by atoms with Crippen LogP contribution in [0.5, 0.6) is 0 Å². The molecule has 2 atom stereocenters. The Morgan fingerprint density at radius 2 is 2.04 bits per heavy atom. The first-order chi connectivity index (χ1) is 13.7. The summed E-state index contributed by atoms with van der Waals surface area (Å²) in [6.07, 6.45) is 12.0. The summed E-state index contributed by atoms with van der Waals surface area (Å²) in [7, 11) is 1.92. The van der Waals surface area contributed by atoms with E-state index in [1.54, 1.807) is 0 Å². The van der Waals surface area contributed by atoms with Crippen molar-refractivity contribution < 1.29 is 4.74 Å². The van der Waals surface area contributed by atoms with Crippen LogP contribution in [-0.2, 0) is 4.74 Å². The summed E-state index contributed by atoms with van der Waals surface area (Å²) in [5.41, 5.74) is 0.220. The molecule has 4 rings (SSSR count). The quantitative estimate of drug-likeness (QED) is 0.631. The van der Waals surface area contributed by atoms with E-state index >= 15 is 0 Å². The molecule has 3 fully saturated rings. The van der Waals surface area contributed by atoms with Crippen LogP contribution in [0.4, 0.5) is 0 Å². The molecule has 0 bridgehead atoms. The molecule has 4 heterocycles. The molecule has 7 nitrogen and oxygen atoms in total. The van der Waals surface area contributed by atoms with Crippen LogP contribution in [0.3, 0.4) is 0 Å². The summed E-state index contributed by atoms with van der Waals surface area (Å²) in [6, 6.07) is 0.449. The van der Waals surface area contributed by atoms with Crippen molar-refractivity contribution in [1.82, 2.24) is 24.7 Å². The third-order valence-electron chi connectivity index (χ3n) is 7.11. The summed E-state index contributed by atoms with van der Waals surface area (Å²) < 4.78 is 7.96. The first-order valence-corrected chi connectivity index (χ1v) is 11.0. The van der Waals surface area contributed by atoms with E-state index in [-0.39, 0.29) is 5.54 Å². The number of hydrogen-bond donors (Lipinski definition) is 1. The van der Waals surface area contributed by atoms with Gasteiger partial charge in [-0.25, -0.2) is 4.98 Å². The monoisotopic (exact) mass is 388 g/mol. The smallest absolute Gasteiger partial charge is 0.193 e. The maximum atomic E-state index is 5.70. The first-order valence-electron chi connectivity index (χ1n) is 11.0. The fourth-order valence-corrected chi connectivity index (χ4v) is 5.22. The number of ether oxygens (including phenoxy) is 1. The molecule has 0 amide bonds. The third kappa shape index (κ3) is 4.06. The van der Waals surface area contributed by atoms with Crippen molar-refractivity contribution in [2.24, 2.45) is 10.9 Å². The van der Waals surface area contributed by atoms with Crippen LogP contribution in [0.15, 0.2) is 23.7 Å². The Labute approximate surface area is 169 Å². The lowest BCUT2D eigenvalue weighted by atomic mass is 9.88. The number of nitrogens with one attached hydrogen (secondary N) is 1. The van der Waals surface area contributed by atoms with Crippen molar-refractivity contribution in [1.29, 1.82) is 0 Å². The van der Waals surface area contributed by atoms with Gasteiger partial charge in [-0.15, -0.1) is 0 Å². The van der Waals surface area contributed by atoms with Crippen molar-refractivity contribution in [3.8, 4) is 0 Å². The standard InChI is InChI=1S/C21H36N6O/c1-18-5-11-25(15-19(18)26-12-8-23-17-26)20(22-2)24-16-21(6-13-28-14-7-21)27-9-3-4-10-27/h8,12,17-19H,3-7,9-11,13-16H2,1-2H3,(H,22,24). The van der Waals surface area contributed by atoms with Crippen molar-refractivity contribution in [3.05, 3.63) is 18.7 Å². The first kappa shape index (κ1) is 19.7. The zero-order chi connectivity index (χ0) is 19.4. The Kier molecular flexibility index (Phi) is 6.21. The molecule has 0 radical (unpaired) electrons. The molecule has 0 aromatic carbocycles. The molecule has 0 spiro atoms. The second-order valence-corrected chi connectivity index (χ2v) is 8.72. The van der Waals surface area contributed by atoms with Gasteiger partial charge in [0.05, 0.1) is 12.4 Å². The van der Waals surface area contributed by atoms with Crippen LogP contribution in [0.1, 0.15) is 45.1 Å². The lowest BCUT2D eigenvalue weighted by Gasteiger charge is -2.46. The normalized spacial score (nSPS) is 29.2. The number of rotatable bonds is 4. The summed E-state index contributed by atoms with van der Waals surface area (Å²) in [6.45, 7) is 9.56. The van der Waals surface area contributed by atoms with Crippen LogP contribution in [0.2, 0.25) is 0 Å². The van der Waals surface area contributed by atoms with E-state index in [1.807, 2.05) is 19.6 Å². The highest BCUT2D eigenvalue weighted by Gasteiger charge is 2.40. The van der Waals surface area contributed by atoms with Crippen molar-refractivity contribution in [2.45, 2.75) is 50.6 Å². The molecule has 1 aromatic heterocycles. The number of imidazole rings is 1. The maximum absolute atomic E-state index is 5.70. The fourth-order valence-electron chi connectivity index (χ4n) is 5.22. The number of guanidine groups is 1. The zero-order valence-corrected chi connectivity index (χ0v) is 17.5. The van der Waals surface area contributed by atoms with E-state index in [0.717, 1.165) is 51.6 Å². The SMILES string of the molecule is CN=C(NCC1(N2CCCC2)CCOCC1)N1CCC(C)C(n2ccnc2)C1. The molecule has 3 saturated heterocycles. The highest BCUT2D eigenvalue weighted by Crippen LogP contribution is 2.31. The van der Waals surface area contributed by atoms with Crippen LogP contribution < -0.4 is 5.32 Å². The van der Waals surface area contributed by atoms with Crippen molar-refractivity contribution >= 4 is 5.96 Å². The summed E-state index contributed by atoms with van der Waals surface area (Å²) in [4.78, 5) is 14.0. The third-order valence-corrected chi connectivity index (χ3v) is 7.11. The van der Waals surface area contributed by atoms with Gasteiger partial charge in [-0.3, -0.25) is 9.89 Å². The predicted octanol–water partition coefficient (Wildman–Crippen LogP) is 1.99. The largest absolute Gasteiger partial charge is 0.381 e. The van der Waals surface area contributed by atoms with E-state index < -0.39 is 0 Å². The summed E-state index contributed by atoms with van der Waals surface area (Å²) in [5, 5.41) is 3.76. The fraction of sp³-hybridized carbons (Fsp3) is 0.810. The second kappa shape index (κ2) is 8.82. The van der Waals surface area contributed by atoms with Gasteiger partial charge in [-0.1, -0.05) is 6.92 Å². The van der Waals surface area contributed by atoms with Gasteiger partial charge in [-0.2, -0.15) is 0 Å². The molecule has 2 unspecified atom stereocenters. The van der Waals surface area contributed by atoms with Gasteiger partial charge in [0.25, 0.3) is 0 Å². The Balaban J connectivity index is 1.42. The minimum atomic E-state index is 0.220. The van der Waals surface area contributed by atoms with Gasteiger partial charge in [0.15, 0.2) is 5.96 Å². The van der Waals surface area contributed by atoms with Gasteiger partial charge >= 0.3 is 0 Å². The molecule has 28 heavy (non-hydrogen) atoms. The molecular weight excluding hydrogens is 352 g/mol. The zero-order valence-electron chi connectivity index (χ0n) is 17.5. The van der Waals surface area contributed by atoms with Gasteiger partial charge < -0.3 is 19.5 Å². The van der Waals surface area contributed by atoms with E-state index in [2.05, 4.69) is 42.8 Å². The predicted molar refractivity (Wildman–Crippen MR) is 112 cm³/mol. The highest BCUT2D eigenvalue weighted by molar-refractivity contribution is 5.80. The Bertz CT molecular complexity index is 633. The van der Waals surface area contributed by atoms with Crippen LogP contribution in [0.25, 0.3) is 0 Å². The van der Waals surface area contributed by atoms with Crippen LogP contribution in [0, 0.1) is 5.92 Å². The molecule has 0 saturated carbocycles. The number of nitrogens with zero attached hydrogens (tertiary/aromatic N) is 5. The summed E-state index contributed by atoms with van der Waals surface area (Å²) in [5.74, 6) is 1.69. The molecule has 1 N–H and O–H groups in total. The number of likely N-dealkylation sites (tertiary alicyclic amines) is 2. The highest BCUT2D eigenvalue weighted by atomic mass is 16.5. The molecule has 156 valence electrons. The maximum Gasteiger partial charge on any atom is 0.193 e. The van der Waals surface area contributed by atoms with Crippen LogP contribution in [-0.4, -0.2) is 83.8 Å². The van der Waals surface area contributed by atoms with Gasteiger partial charge in [0.2, 0.25) is 0 Å². The Morgan fingerprint density at radius 1 is 1.25 bits per heavy atom. The van der Waals surface area contributed by atoms with Gasteiger partial charge in [0, 0.05) is 57.8 Å². The lowest BCUT2D eigenvalue weighted by molar-refractivity contribution is -0.0167. The Morgan fingerprint density at radius 3 is 2.71 bits per heavy atom. The summed E-state index contributed by atoms with van der Waals surface area (Å²) >= 11 is 0. The van der Waals surface area contributed by atoms with Crippen LogP contribution >= 0.6 is 0 Å². The molecule has 0 aliphatic carbocycles. The van der Waals surface area contributed by atoms with Crippen molar-refractivity contribution in [2.75, 3.05) is 53.0 Å². The van der Waals surface area contributed by atoms with Gasteiger partial charge in [-0.05, 0) is 51.1 Å².